The van der Waals surface area contributed by atoms with E-state index in [1.807, 2.05) is 43.3 Å². The van der Waals surface area contributed by atoms with Crippen LogP contribution in [0.4, 0.5) is 11.4 Å². The summed E-state index contributed by atoms with van der Waals surface area (Å²) in [6.45, 7) is 2.77. The largest absolute Gasteiger partial charge is 0.496 e. The van der Waals surface area contributed by atoms with Crippen LogP contribution in [-0.2, 0) is 6.54 Å². The summed E-state index contributed by atoms with van der Waals surface area (Å²) in [5, 5.41) is 3.40. The Morgan fingerprint density at radius 3 is 2.67 bits per heavy atom. The molecule has 2 aromatic rings. The van der Waals surface area contributed by atoms with Gasteiger partial charge in [-0.1, -0.05) is 18.2 Å². The zero-order valence-electron chi connectivity index (χ0n) is 10.7. The molecule has 2 rings (SSSR count). The molecule has 0 aromatic heterocycles. The Balaban J connectivity index is 2.11. The number of hydrogen-bond acceptors (Lipinski definition) is 3. The molecule has 0 unspecified atom stereocenters. The third-order valence-electron chi connectivity index (χ3n) is 2.91. The first-order valence-corrected chi connectivity index (χ1v) is 5.92. The first kappa shape index (κ1) is 12.3. The van der Waals surface area contributed by atoms with Gasteiger partial charge in [0.2, 0.25) is 0 Å². The quantitative estimate of drug-likeness (QED) is 0.809. The van der Waals surface area contributed by atoms with Crippen LogP contribution in [0.2, 0.25) is 0 Å². The van der Waals surface area contributed by atoms with Gasteiger partial charge in [-0.2, -0.15) is 0 Å². The predicted molar refractivity (Wildman–Crippen MR) is 75.9 cm³/mol. The molecule has 0 saturated heterocycles. The maximum atomic E-state index is 5.73. The highest BCUT2D eigenvalue weighted by atomic mass is 16.5. The number of benzene rings is 2. The normalized spacial score (nSPS) is 10.1. The highest BCUT2D eigenvalue weighted by Crippen LogP contribution is 2.21. The van der Waals surface area contributed by atoms with Gasteiger partial charge < -0.3 is 15.8 Å². The number of ether oxygens (including phenoxy) is 1. The van der Waals surface area contributed by atoms with Crippen molar-refractivity contribution in [2.24, 2.45) is 0 Å². The van der Waals surface area contributed by atoms with Crippen molar-refractivity contribution in [2.45, 2.75) is 13.5 Å². The summed E-state index contributed by atoms with van der Waals surface area (Å²) in [6, 6.07) is 13.9. The molecule has 0 saturated carbocycles. The summed E-state index contributed by atoms with van der Waals surface area (Å²) in [6.07, 6.45) is 0. The molecular formula is C15H18N2O. The number of aryl methyl sites for hydroxylation is 1. The van der Waals surface area contributed by atoms with E-state index in [1.165, 1.54) is 0 Å². The van der Waals surface area contributed by atoms with Crippen LogP contribution in [0, 0.1) is 6.92 Å². The monoisotopic (exact) mass is 242 g/mol. The lowest BCUT2D eigenvalue weighted by molar-refractivity contribution is 0.410. The average Bonchev–Trinajstić information content (AvgIpc) is 2.38. The van der Waals surface area contributed by atoms with Crippen molar-refractivity contribution in [3.8, 4) is 5.75 Å². The Kier molecular flexibility index (Phi) is 3.72. The van der Waals surface area contributed by atoms with Gasteiger partial charge >= 0.3 is 0 Å². The van der Waals surface area contributed by atoms with E-state index in [0.29, 0.717) is 0 Å². The summed E-state index contributed by atoms with van der Waals surface area (Å²) in [5.74, 6) is 0.901. The molecule has 3 nitrogen and oxygen atoms in total. The molecule has 2 aromatic carbocycles. The second-order valence-corrected chi connectivity index (χ2v) is 4.24. The van der Waals surface area contributed by atoms with Gasteiger partial charge in [-0.3, -0.25) is 0 Å². The fourth-order valence-corrected chi connectivity index (χ4v) is 1.92. The van der Waals surface area contributed by atoms with E-state index < -0.39 is 0 Å². The highest BCUT2D eigenvalue weighted by molar-refractivity contribution is 5.57. The molecule has 0 radical (unpaired) electrons. The van der Waals surface area contributed by atoms with Crippen LogP contribution >= 0.6 is 0 Å². The molecule has 0 fully saturated rings. The van der Waals surface area contributed by atoms with Crippen molar-refractivity contribution in [3.63, 3.8) is 0 Å². The minimum absolute atomic E-state index is 0.731. The minimum Gasteiger partial charge on any atom is -0.496 e. The number of nitrogens with one attached hydrogen (secondary N) is 1. The molecule has 3 N–H and O–H groups in total. The topological polar surface area (TPSA) is 47.3 Å². The van der Waals surface area contributed by atoms with Crippen LogP contribution in [0.5, 0.6) is 5.75 Å². The highest BCUT2D eigenvalue weighted by Gasteiger charge is 2.02. The second kappa shape index (κ2) is 5.45. The number of rotatable bonds is 4. The van der Waals surface area contributed by atoms with Gasteiger partial charge in [0.1, 0.15) is 5.75 Å². The van der Waals surface area contributed by atoms with E-state index in [-0.39, 0.29) is 0 Å². The Bertz CT molecular complexity index is 538. The van der Waals surface area contributed by atoms with Gasteiger partial charge in [0, 0.05) is 23.5 Å². The summed E-state index contributed by atoms with van der Waals surface area (Å²) < 4.78 is 5.32. The first-order chi connectivity index (χ1) is 8.70. The molecule has 18 heavy (non-hydrogen) atoms. The first-order valence-electron chi connectivity index (χ1n) is 5.92. The second-order valence-electron chi connectivity index (χ2n) is 4.24. The molecule has 3 heteroatoms. The van der Waals surface area contributed by atoms with E-state index in [2.05, 4.69) is 11.4 Å². The Morgan fingerprint density at radius 2 is 1.94 bits per heavy atom. The van der Waals surface area contributed by atoms with Crippen molar-refractivity contribution in [2.75, 3.05) is 18.2 Å². The van der Waals surface area contributed by atoms with Crippen molar-refractivity contribution < 1.29 is 4.74 Å². The van der Waals surface area contributed by atoms with E-state index in [9.17, 15) is 0 Å². The SMILES string of the molecule is COc1ccccc1CNc1ccc(N)cc1C. The third-order valence-corrected chi connectivity index (χ3v) is 2.91. The summed E-state index contributed by atoms with van der Waals surface area (Å²) in [5.41, 5.74) is 9.89. The lowest BCUT2D eigenvalue weighted by atomic mass is 10.1. The summed E-state index contributed by atoms with van der Waals surface area (Å²) in [7, 11) is 1.69. The Labute approximate surface area is 108 Å². The fourth-order valence-electron chi connectivity index (χ4n) is 1.92. The van der Waals surface area contributed by atoms with Gasteiger partial charge in [-0.15, -0.1) is 0 Å². The van der Waals surface area contributed by atoms with Gasteiger partial charge in [0.05, 0.1) is 7.11 Å². The molecule has 0 bridgehead atoms. The molecule has 0 aliphatic rings. The smallest absolute Gasteiger partial charge is 0.123 e. The minimum atomic E-state index is 0.731. The molecule has 0 heterocycles. The number of nitrogen functional groups attached to an aromatic ring is 1. The zero-order valence-corrected chi connectivity index (χ0v) is 10.7. The van der Waals surface area contributed by atoms with Gasteiger partial charge in [0.15, 0.2) is 0 Å². The van der Waals surface area contributed by atoms with Gasteiger partial charge in [-0.25, -0.2) is 0 Å². The van der Waals surface area contributed by atoms with Gasteiger partial charge in [0.25, 0.3) is 0 Å². The Hall–Kier alpha value is -2.16. The van der Waals surface area contributed by atoms with Crippen molar-refractivity contribution in [1.29, 1.82) is 0 Å². The molecule has 0 spiro atoms. The number of methoxy groups -OCH3 is 1. The van der Waals surface area contributed by atoms with Crippen LogP contribution in [0.25, 0.3) is 0 Å². The Morgan fingerprint density at radius 1 is 1.17 bits per heavy atom. The molecular weight excluding hydrogens is 224 g/mol. The van der Waals surface area contributed by atoms with Gasteiger partial charge in [-0.05, 0) is 36.8 Å². The van der Waals surface area contributed by atoms with Crippen LogP contribution in [0.3, 0.4) is 0 Å². The maximum absolute atomic E-state index is 5.73. The molecule has 0 aliphatic carbocycles. The van der Waals surface area contributed by atoms with Crippen LogP contribution in [-0.4, -0.2) is 7.11 Å². The summed E-state index contributed by atoms with van der Waals surface area (Å²) >= 11 is 0. The fraction of sp³-hybridized carbons (Fsp3) is 0.200. The van der Waals surface area contributed by atoms with Crippen molar-refractivity contribution in [1.82, 2.24) is 0 Å². The maximum Gasteiger partial charge on any atom is 0.123 e. The average molecular weight is 242 g/mol. The predicted octanol–water partition coefficient (Wildman–Crippen LogP) is 3.20. The van der Waals surface area contributed by atoms with Crippen molar-refractivity contribution >= 4 is 11.4 Å². The molecule has 94 valence electrons. The number of para-hydroxylation sites is 1. The van der Waals surface area contributed by atoms with Crippen LogP contribution in [0.1, 0.15) is 11.1 Å². The van der Waals surface area contributed by atoms with Crippen LogP contribution < -0.4 is 15.8 Å². The van der Waals surface area contributed by atoms with E-state index in [0.717, 1.165) is 34.8 Å². The standard InChI is InChI=1S/C15H18N2O/c1-11-9-13(16)7-8-14(11)17-10-12-5-3-4-6-15(12)18-2/h3-9,17H,10,16H2,1-2H3. The van der Waals surface area contributed by atoms with Crippen molar-refractivity contribution in [3.05, 3.63) is 53.6 Å². The number of anilines is 2. The molecule has 0 amide bonds. The molecule has 0 aliphatic heterocycles. The number of hydrogen-bond donors (Lipinski definition) is 2. The van der Waals surface area contributed by atoms with E-state index in [4.69, 9.17) is 10.5 Å². The van der Waals surface area contributed by atoms with Crippen LogP contribution in [0.15, 0.2) is 42.5 Å². The molecule has 0 atom stereocenters. The zero-order chi connectivity index (χ0) is 13.0. The number of nitrogens with two attached hydrogens (primary N) is 1. The lowest BCUT2D eigenvalue weighted by Gasteiger charge is -2.12. The van der Waals surface area contributed by atoms with E-state index >= 15 is 0 Å². The third kappa shape index (κ3) is 2.74. The lowest BCUT2D eigenvalue weighted by Crippen LogP contribution is -2.03. The van der Waals surface area contributed by atoms with E-state index in [1.54, 1.807) is 7.11 Å². The summed E-state index contributed by atoms with van der Waals surface area (Å²) in [4.78, 5) is 0.